The van der Waals surface area contributed by atoms with Crippen LogP contribution in [0, 0.1) is 0 Å². The fourth-order valence-electron chi connectivity index (χ4n) is 3.26. The SMILES string of the molecule is COc1ccccc1CN(C)C(=O)CN1CC=C(c2ccccc2)CC1. The topological polar surface area (TPSA) is 32.8 Å². The Morgan fingerprint density at radius 1 is 1.12 bits per heavy atom. The molecule has 4 nitrogen and oxygen atoms in total. The number of rotatable bonds is 6. The summed E-state index contributed by atoms with van der Waals surface area (Å²) >= 11 is 0. The fraction of sp³-hybridized carbons (Fsp3) is 0.318. The summed E-state index contributed by atoms with van der Waals surface area (Å²) in [5, 5.41) is 0. The van der Waals surface area contributed by atoms with Gasteiger partial charge in [-0.2, -0.15) is 0 Å². The maximum Gasteiger partial charge on any atom is 0.236 e. The van der Waals surface area contributed by atoms with E-state index >= 15 is 0 Å². The van der Waals surface area contributed by atoms with Crippen LogP contribution in [0.2, 0.25) is 0 Å². The van der Waals surface area contributed by atoms with Crippen molar-refractivity contribution in [2.45, 2.75) is 13.0 Å². The number of nitrogens with zero attached hydrogens (tertiary/aromatic N) is 2. The lowest BCUT2D eigenvalue weighted by atomic mass is 9.99. The van der Waals surface area contributed by atoms with Crippen molar-refractivity contribution in [2.24, 2.45) is 0 Å². The Bertz CT molecular complexity index is 771. The zero-order valence-electron chi connectivity index (χ0n) is 15.5. The first-order valence-electron chi connectivity index (χ1n) is 9.00. The van der Waals surface area contributed by atoms with Crippen LogP contribution in [0.4, 0.5) is 0 Å². The van der Waals surface area contributed by atoms with Crippen molar-refractivity contribution in [1.29, 1.82) is 0 Å². The molecular formula is C22H26N2O2. The molecule has 1 aliphatic heterocycles. The third-order valence-electron chi connectivity index (χ3n) is 4.82. The fourth-order valence-corrected chi connectivity index (χ4v) is 3.26. The minimum atomic E-state index is 0.132. The molecule has 0 aromatic heterocycles. The molecule has 2 aromatic carbocycles. The third kappa shape index (κ3) is 4.52. The Labute approximate surface area is 155 Å². The molecule has 4 heteroatoms. The van der Waals surface area contributed by atoms with Gasteiger partial charge in [-0.05, 0) is 23.6 Å². The number of methoxy groups -OCH3 is 1. The molecule has 0 spiro atoms. The molecule has 1 aliphatic rings. The van der Waals surface area contributed by atoms with Crippen molar-refractivity contribution in [3.63, 3.8) is 0 Å². The van der Waals surface area contributed by atoms with Crippen LogP contribution < -0.4 is 4.74 Å². The molecule has 0 saturated carbocycles. The lowest BCUT2D eigenvalue weighted by molar-refractivity contribution is -0.131. The minimum Gasteiger partial charge on any atom is -0.496 e. The van der Waals surface area contributed by atoms with Crippen LogP contribution in [0.1, 0.15) is 17.5 Å². The largest absolute Gasteiger partial charge is 0.496 e. The van der Waals surface area contributed by atoms with Crippen LogP contribution in [0.25, 0.3) is 5.57 Å². The molecule has 0 N–H and O–H groups in total. The number of ether oxygens (including phenoxy) is 1. The maximum absolute atomic E-state index is 12.6. The summed E-state index contributed by atoms with van der Waals surface area (Å²) in [6.45, 7) is 2.74. The lowest BCUT2D eigenvalue weighted by Crippen LogP contribution is -2.39. The van der Waals surface area contributed by atoms with Gasteiger partial charge in [0.2, 0.25) is 5.91 Å². The van der Waals surface area contributed by atoms with Crippen molar-refractivity contribution in [2.75, 3.05) is 33.8 Å². The van der Waals surface area contributed by atoms with Crippen molar-refractivity contribution in [3.8, 4) is 5.75 Å². The molecule has 0 saturated heterocycles. The van der Waals surface area contributed by atoms with E-state index in [1.54, 1.807) is 12.0 Å². The van der Waals surface area contributed by atoms with E-state index in [4.69, 9.17) is 4.74 Å². The van der Waals surface area contributed by atoms with Gasteiger partial charge in [0.15, 0.2) is 0 Å². The Morgan fingerprint density at radius 3 is 2.54 bits per heavy atom. The molecule has 0 atom stereocenters. The van der Waals surface area contributed by atoms with Crippen LogP contribution in [0.5, 0.6) is 5.75 Å². The van der Waals surface area contributed by atoms with Gasteiger partial charge in [-0.15, -0.1) is 0 Å². The highest BCUT2D eigenvalue weighted by Crippen LogP contribution is 2.22. The summed E-state index contributed by atoms with van der Waals surface area (Å²) in [5.74, 6) is 0.952. The van der Waals surface area contributed by atoms with Crippen LogP contribution in [-0.4, -0.2) is 49.5 Å². The quantitative estimate of drug-likeness (QED) is 0.800. The molecular weight excluding hydrogens is 324 g/mol. The number of benzene rings is 2. The summed E-state index contributed by atoms with van der Waals surface area (Å²) < 4.78 is 5.37. The summed E-state index contributed by atoms with van der Waals surface area (Å²) in [7, 11) is 3.51. The molecule has 0 fully saturated rings. The van der Waals surface area contributed by atoms with E-state index in [1.807, 2.05) is 37.4 Å². The predicted octanol–water partition coefficient (Wildman–Crippen LogP) is 3.44. The molecule has 26 heavy (non-hydrogen) atoms. The number of hydrogen-bond acceptors (Lipinski definition) is 3. The van der Waals surface area contributed by atoms with Gasteiger partial charge in [-0.1, -0.05) is 54.6 Å². The number of carbonyl (C=O) groups excluding carboxylic acids is 1. The van der Waals surface area contributed by atoms with E-state index in [0.717, 1.165) is 30.8 Å². The van der Waals surface area contributed by atoms with Crippen molar-refractivity contribution in [3.05, 3.63) is 71.8 Å². The highest BCUT2D eigenvalue weighted by molar-refractivity contribution is 5.78. The minimum absolute atomic E-state index is 0.132. The number of amides is 1. The second-order valence-corrected chi connectivity index (χ2v) is 6.64. The number of carbonyl (C=O) groups is 1. The Kier molecular flexibility index (Phi) is 6.08. The van der Waals surface area contributed by atoms with Crippen molar-refractivity contribution in [1.82, 2.24) is 9.80 Å². The molecule has 2 aromatic rings. The average molecular weight is 350 g/mol. The smallest absolute Gasteiger partial charge is 0.236 e. The summed E-state index contributed by atoms with van der Waals surface area (Å²) in [4.78, 5) is 16.6. The molecule has 0 radical (unpaired) electrons. The van der Waals surface area contributed by atoms with Crippen LogP contribution in [0.3, 0.4) is 0 Å². The second kappa shape index (κ2) is 8.68. The predicted molar refractivity (Wildman–Crippen MR) is 105 cm³/mol. The Balaban J connectivity index is 1.54. The van der Waals surface area contributed by atoms with E-state index in [9.17, 15) is 4.79 Å². The Hall–Kier alpha value is -2.59. The lowest BCUT2D eigenvalue weighted by Gasteiger charge is -2.28. The van der Waals surface area contributed by atoms with Crippen LogP contribution >= 0.6 is 0 Å². The maximum atomic E-state index is 12.6. The van der Waals surface area contributed by atoms with Crippen molar-refractivity contribution >= 4 is 11.5 Å². The standard InChI is InChI=1S/C22H26N2O2/c1-23(16-20-10-6-7-11-21(20)26-2)22(25)17-24-14-12-19(13-15-24)18-8-4-3-5-9-18/h3-12H,13-17H2,1-2H3. The van der Waals surface area contributed by atoms with E-state index in [2.05, 4.69) is 35.2 Å². The van der Waals surface area contributed by atoms with Gasteiger partial charge < -0.3 is 9.64 Å². The number of para-hydroxylation sites is 1. The zero-order chi connectivity index (χ0) is 18.4. The first-order chi connectivity index (χ1) is 12.7. The van der Waals surface area contributed by atoms with Crippen LogP contribution in [-0.2, 0) is 11.3 Å². The highest BCUT2D eigenvalue weighted by Gasteiger charge is 2.18. The summed E-state index contributed by atoms with van der Waals surface area (Å²) in [6, 6.07) is 18.3. The monoisotopic (exact) mass is 350 g/mol. The van der Waals surface area contributed by atoms with Gasteiger partial charge in [0.05, 0.1) is 13.7 Å². The van der Waals surface area contributed by atoms with Crippen molar-refractivity contribution < 1.29 is 9.53 Å². The third-order valence-corrected chi connectivity index (χ3v) is 4.82. The Morgan fingerprint density at radius 2 is 1.85 bits per heavy atom. The van der Waals surface area contributed by atoms with Gasteiger partial charge in [-0.3, -0.25) is 9.69 Å². The average Bonchev–Trinajstić information content (AvgIpc) is 2.69. The van der Waals surface area contributed by atoms with Crippen LogP contribution in [0.15, 0.2) is 60.7 Å². The second-order valence-electron chi connectivity index (χ2n) is 6.64. The first-order valence-corrected chi connectivity index (χ1v) is 9.00. The summed E-state index contributed by atoms with van der Waals surface area (Å²) in [6.07, 6.45) is 3.22. The zero-order valence-corrected chi connectivity index (χ0v) is 15.5. The molecule has 0 aliphatic carbocycles. The summed E-state index contributed by atoms with van der Waals surface area (Å²) in [5.41, 5.74) is 3.68. The first kappa shape index (κ1) is 18.2. The van der Waals surface area contributed by atoms with E-state index in [0.29, 0.717) is 13.1 Å². The molecule has 1 heterocycles. The van der Waals surface area contributed by atoms with Gasteiger partial charge in [0, 0.05) is 32.2 Å². The number of likely N-dealkylation sites (N-methyl/N-ethyl adjacent to an activating group) is 1. The molecule has 3 rings (SSSR count). The molecule has 0 unspecified atom stereocenters. The molecule has 0 bridgehead atoms. The van der Waals surface area contributed by atoms with Gasteiger partial charge in [0.25, 0.3) is 0 Å². The van der Waals surface area contributed by atoms with E-state index in [-0.39, 0.29) is 5.91 Å². The van der Waals surface area contributed by atoms with E-state index < -0.39 is 0 Å². The molecule has 1 amide bonds. The van der Waals surface area contributed by atoms with E-state index in [1.165, 1.54) is 11.1 Å². The van der Waals surface area contributed by atoms with Gasteiger partial charge >= 0.3 is 0 Å². The van der Waals surface area contributed by atoms with Gasteiger partial charge in [-0.25, -0.2) is 0 Å². The van der Waals surface area contributed by atoms with Gasteiger partial charge in [0.1, 0.15) is 5.75 Å². The normalized spacial score (nSPS) is 14.6. The molecule has 136 valence electrons. The number of hydrogen-bond donors (Lipinski definition) is 0. The highest BCUT2D eigenvalue weighted by atomic mass is 16.5.